The third-order valence-electron chi connectivity index (χ3n) is 2.92. The Bertz CT molecular complexity index is 802. The largest absolute Gasteiger partial charge is 0.478 e. The topological polar surface area (TPSA) is 80.9 Å². The molecule has 0 saturated heterocycles. The lowest BCUT2D eigenvalue weighted by molar-refractivity contribution is 0.0696. The molecular formula is C14H9ClN4O2. The van der Waals surface area contributed by atoms with Crippen LogP contribution in [0.2, 0.25) is 5.02 Å². The Labute approximate surface area is 124 Å². The SMILES string of the molecule is O=C(O)c1cc(Cl)ccc1-n1nnnc1-c1ccccc1. The van der Waals surface area contributed by atoms with Gasteiger partial charge in [-0.1, -0.05) is 41.9 Å². The predicted octanol–water partition coefficient (Wildman–Crippen LogP) is 2.68. The number of tetrazole rings is 1. The maximum atomic E-state index is 11.4. The highest BCUT2D eigenvalue weighted by Crippen LogP contribution is 2.24. The van der Waals surface area contributed by atoms with Crippen molar-refractivity contribution in [2.75, 3.05) is 0 Å². The second-order valence-electron chi connectivity index (χ2n) is 4.25. The minimum atomic E-state index is -1.10. The van der Waals surface area contributed by atoms with Crippen molar-refractivity contribution in [2.24, 2.45) is 0 Å². The number of aromatic carboxylic acids is 1. The van der Waals surface area contributed by atoms with Crippen molar-refractivity contribution < 1.29 is 9.90 Å². The van der Waals surface area contributed by atoms with Crippen LogP contribution in [0.1, 0.15) is 10.4 Å². The molecule has 0 amide bonds. The molecule has 2 aromatic carbocycles. The number of rotatable bonds is 3. The van der Waals surface area contributed by atoms with Gasteiger partial charge in [0.2, 0.25) is 0 Å². The summed E-state index contributed by atoms with van der Waals surface area (Å²) in [6.45, 7) is 0. The summed E-state index contributed by atoms with van der Waals surface area (Å²) in [6, 6.07) is 13.8. The van der Waals surface area contributed by atoms with E-state index in [-0.39, 0.29) is 5.56 Å². The molecule has 7 heteroatoms. The molecule has 1 aromatic heterocycles. The number of hydrogen-bond acceptors (Lipinski definition) is 4. The van der Waals surface area contributed by atoms with Crippen LogP contribution < -0.4 is 0 Å². The van der Waals surface area contributed by atoms with E-state index in [1.54, 1.807) is 12.1 Å². The monoisotopic (exact) mass is 300 g/mol. The highest BCUT2D eigenvalue weighted by molar-refractivity contribution is 6.31. The van der Waals surface area contributed by atoms with Crippen LogP contribution in [0, 0.1) is 0 Å². The predicted molar refractivity (Wildman–Crippen MR) is 76.6 cm³/mol. The fourth-order valence-electron chi connectivity index (χ4n) is 1.98. The Kier molecular flexibility index (Phi) is 3.37. The van der Waals surface area contributed by atoms with Crippen molar-refractivity contribution in [1.82, 2.24) is 20.2 Å². The molecule has 0 unspecified atom stereocenters. The molecule has 3 aromatic rings. The molecular weight excluding hydrogens is 292 g/mol. The lowest BCUT2D eigenvalue weighted by Gasteiger charge is -2.08. The number of halogens is 1. The molecule has 104 valence electrons. The van der Waals surface area contributed by atoms with E-state index in [1.807, 2.05) is 30.3 Å². The van der Waals surface area contributed by atoms with E-state index in [9.17, 15) is 9.90 Å². The third kappa shape index (κ3) is 2.48. The van der Waals surface area contributed by atoms with Crippen molar-refractivity contribution in [3.8, 4) is 17.1 Å². The van der Waals surface area contributed by atoms with Gasteiger partial charge in [-0.25, -0.2) is 4.79 Å². The van der Waals surface area contributed by atoms with Crippen LogP contribution in [0.3, 0.4) is 0 Å². The molecule has 0 saturated carbocycles. The molecule has 0 fully saturated rings. The van der Waals surface area contributed by atoms with Crippen molar-refractivity contribution in [3.63, 3.8) is 0 Å². The van der Waals surface area contributed by atoms with Gasteiger partial charge in [-0.3, -0.25) is 0 Å². The van der Waals surface area contributed by atoms with Gasteiger partial charge in [0.15, 0.2) is 5.82 Å². The molecule has 1 N–H and O–H groups in total. The zero-order valence-corrected chi connectivity index (χ0v) is 11.4. The van der Waals surface area contributed by atoms with E-state index in [4.69, 9.17) is 11.6 Å². The van der Waals surface area contributed by atoms with Crippen molar-refractivity contribution in [2.45, 2.75) is 0 Å². The van der Waals surface area contributed by atoms with E-state index >= 15 is 0 Å². The summed E-state index contributed by atoms with van der Waals surface area (Å²) in [5.74, 6) is -0.637. The van der Waals surface area contributed by atoms with Gasteiger partial charge in [-0.2, -0.15) is 4.68 Å². The van der Waals surface area contributed by atoms with Crippen LogP contribution in [-0.2, 0) is 0 Å². The van der Waals surface area contributed by atoms with E-state index in [0.717, 1.165) is 5.56 Å². The first kappa shape index (κ1) is 13.3. The number of benzene rings is 2. The van der Waals surface area contributed by atoms with Crippen molar-refractivity contribution >= 4 is 17.6 Å². The third-order valence-corrected chi connectivity index (χ3v) is 3.15. The summed E-state index contributed by atoms with van der Waals surface area (Å²) in [4.78, 5) is 11.4. The van der Waals surface area contributed by atoms with Gasteiger partial charge in [0.25, 0.3) is 0 Å². The molecule has 0 aliphatic rings. The van der Waals surface area contributed by atoms with Gasteiger partial charge in [-0.15, -0.1) is 5.10 Å². The maximum absolute atomic E-state index is 11.4. The summed E-state index contributed by atoms with van der Waals surface area (Å²) >= 11 is 5.85. The van der Waals surface area contributed by atoms with Gasteiger partial charge in [0.05, 0.1) is 11.3 Å². The van der Waals surface area contributed by atoms with Gasteiger partial charge >= 0.3 is 5.97 Å². The first-order valence-electron chi connectivity index (χ1n) is 6.04. The van der Waals surface area contributed by atoms with Gasteiger partial charge < -0.3 is 5.11 Å². The molecule has 0 aliphatic carbocycles. The number of nitrogens with zero attached hydrogens (tertiary/aromatic N) is 4. The minimum absolute atomic E-state index is 0.0342. The van der Waals surface area contributed by atoms with Crippen molar-refractivity contribution in [1.29, 1.82) is 0 Å². The van der Waals surface area contributed by atoms with Crippen LogP contribution in [0.5, 0.6) is 0 Å². The average Bonchev–Trinajstić information content (AvgIpc) is 2.97. The zero-order valence-electron chi connectivity index (χ0n) is 10.6. The normalized spacial score (nSPS) is 10.5. The van der Waals surface area contributed by atoms with Crippen LogP contribution in [0.4, 0.5) is 0 Å². The molecule has 0 aliphatic heterocycles. The minimum Gasteiger partial charge on any atom is -0.478 e. The Morgan fingerprint density at radius 3 is 2.62 bits per heavy atom. The molecule has 1 heterocycles. The summed E-state index contributed by atoms with van der Waals surface area (Å²) < 4.78 is 1.38. The summed E-state index contributed by atoms with van der Waals surface area (Å²) in [5.41, 5.74) is 1.18. The maximum Gasteiger partial charge on any atom is 0.337 e. The second-order valence-corrected chi connectivity index (χ2v) is 4.68. The Morgan fingerprint density at radius 1 is 1.14 bits per heavy atom. The van der Waals surface area contributed by atoms with Crippen LogP contribution in [-0.4, -0.2) is 31.3 Å². The molecule has 0 radical (unpaired) electrons. The number of hydrogen-bond donors (Lipinski definition) is 1. The smallest absolute Gasteiger partial charge is 0.337 e. The van der Waals surface area contributed by atoms with E-state index in [1.165, 1.54) is 10.7 Å². The van der Waals surface area contributed by atoms with Crippen molar-refractivity contribution in [3.05, 3.63) is 59.1 Å². The summed E-state index contributed by atoms with van der Waals surface area (Å²) in [6.07, 6.45) is 0. The Morgan fingerprint density at radius 2 is 1.90 bits per heavy atom. The molecule has 0 spiro atoms. The number of carbonyl (C=O) groups is 1. The number of carboxylic acid groups (broad SMARTS) is 1. The summed E-state index contributed by atoms with van der Waals surface area (Å²) in [7, 11) is 0. The van der Waals surface area contributed by atoms with Gasteiger partial charge in [-0.05, 0) is 28.6 Å². The van der Waals surface area contributed by atoms with Gasteiger partial charge in [0, 0.05) is 10.6 Å². The van der Waals surface area contributed by atoms with E-state index in [2.05, 4.69) is 15.5 Å². The Hall–Kier alpha value is -2.73. The quantitative estimate of drug-likeness (QED) is 0.804. The average molecular weight is 301 g/mol. The lowest BCUT2D eigenvalue weighted by Crippen LogP contribution is -2.08. The molecule has 6 nitrogen and oxygen atoms in total. The molecule has 21 heavy (non-hydrogen) atoms. The zero-order chi connectivity index (χ0) is 14.8. The lowest BCUT2D eigenvalue weighted by atomic mass is 10.1. The fourth-order valence-corrected chi connectivity index (χ4v) is 2.15. The molecule has 0 atom stereocenters. The fraction of sp³-hybridized carbons (Fsp3) is 0. The highest BCUT2D eigenvalue weighted by Gasteiger charge is 2.17. The standard InChI is InChI=1S/C14H9ClN4O2/c15-10-6-7-12(11(8-10)14(20)21)19-13(16-17-18-19)9-4-2-1-3-5-9/h1-8H,(H,20,21). The van der Waals surface area contributed by atoms with Crippen LogP contribution >= 0.6 is 11.6 Å². The van der Waals surface area contributed by atoms with Crippen LogP contribution in [0.25, 0.3) is 17.1 Å². The second kappa shape index (κ2) is 5.34. The molecule has 0 bridgehead atoms. The number of carboxylic acids is 1. The van der Waals surface area contributed by atoms with E-state index in [0.29, 0.717) is 16.5 Å². The first-order chi connectivity index (χ1) is 10.2. The van der Waals surface area contributed by atoms with Crippen LogP contribution in [0.15, 0.2) is 48.5 Å². The highest BCUT2D eigenvalue weighted by atomic mass is 35.5. The Balaban J connectivity index is 2.20. The first-order valence-corrected chi connectivity index (χ1v) is 6.41. The number of aromatic nitrogens is 4. The van der Waals surface area contributed by atoms with Gasteiger partial charge in [0.1, 0.15) is 0 Å². The summed E-state index contributed by atoms with van der Waals surface area (Å²) in [5, 5.41) is 21.1. The molecule has 3 rings (SSSR count). The van der Waals surface area contributed by atoms with E-state index < -0.39 is 5.97 Å².